The van der Waals surface area contributed by atoms with Gasteiger partial charge in [-0.25, -0.2) is 0 Å². The van der Waals surface area contributed by atoms with Crippen LogP contribution in [0.15, 0.2) is 82.9 Å². The van der Waals surface area contributed by atoms with E-state index in [2.05, 4.69) is 28.6 Å². The summed E-state index contributed by atoms with van der Waals surface area (Å²) in [5, 5.41) is 0. The summed E-state index contributed by atoms with van der Waals surface area (Å²) in [6, 6.07) is 21.8. The molecule has 0 fully saturated rings. The largest absolute Gasteiger partial charge is 0.494 e. The van der Waals surface area contributed by atoms with Crippen LogP contribution >= 0.6 is 0 Å². The van der Waals surface area contributed by atoms with E-state index >= 15 is 0 Å². The Morgan fingerprint density at radius 2 is 1.31 bits per heavy atom. The molecule has 0 aliphatic rings. The van der Waals surface area contributed by atoms with Crippen molar-refractivity contribution >= 4 is 29.3 Å². The van der Waals surface area contributed by atoms with Gasteiger partial charge in [0.15, 0.2) is 0 Å². The Morgan fingerprint density at radius 3 is 1.88 bits per heavy atom. The van der Waals surface area contributed by atoms with E-state index in [-0.39, 0.29) is 0 Å². The van der Waals surface area contributed by atoms with E-state index < -0.39 is 0 Å². The van der Waals surface area contributed by atoms with Crippen LogP contribution in [0.4, 0.5) is 11.4 Å². The van der Waals surface area contributed by atoms with Gasteiger partial charge in [0.05, 0.1) is 42.0 Å². The molecule has 0 spiro atoms. The second-order valence-corrected chi connectivity index (χ2v) is 7.25. The molecule has 0 atom stereocenters. The van der Waals surface area contributed by atoms with Crippen molar-refractivity contribution < 1.29 is 9.47 Å². The van der Waals surface area contributed by atoms with Gasteiger partial charge in [0.1, 0.15) is 11.5 Å². The van der Waals surface area contributed by atoms with Crippen molar-refractivity contribution in [3.63, 3.8) is 0 Å². The molecule has 0 radical (unpaired) electrons. The molecule has 2 heterocycles. The first kappa shape index (κ1) is 21.4. The van der Waals surface area contributed by atoms with Gasteiger partial charge in [-0.15, -0.1) is 0 Å². The summed E-state index contributed by atoms with van der Waals surface area (Å²) in [5.41, 5.74) is 6.08. The van der Waals surface area contributed by atoms with Crippen LogP contribution in [0.1, 0.15) is 30.7 Å². The Labute approximate surface area is 188 Å². The molecule has 0 aliphatic heterocycles. The third-order valence-corrected chi connectivity index (χ3v) is 5.16. The lowest BCUT2D eigenvalue weighted by Gasteiger charge is -2.02. The molecule has 4 rings (SSSR count). The van der Waals surface area contributed by atoms with Crippen LogP contribution in [0.5, 0.6) is 11.5 Å². The van der Waals surface area contributed by atoms with Crippen molar-refractivity contribution in [2.45, 2.75) is 20.8 Å². The maximum atomic E-state index is 5.51. The quantitative estimate of drug-likeness (QED) is 0.301. The summed E-state index contributed by atoms with van der Waals surface area (Å²) in [4.78, 5) is 9.38. The number of nitrogens with zero attached hydrogens (tertiary/aromatic N) is 3. The number of ether oxygens (including phenoxy) is 2. The third-order valence-electron chi connectivity index (χ3n) is 5.16. The zero-order chi connectivity index (χ0) is 22.3. The SMILES string of the molecule is CCOc1ccc(N=Cc2c(C)c(C=Nc3ccc(OCC)cc3)n3ccccc23)cc1. The summed E-state index contributed by atoms with van der Waals surface area (Å²) in [6.45, 7) is 7.36. The van der Waals surface area contributed by atoms with Crippen LogP contribution < -0.4 is 9.47 Å². The van der Waals surface area contributed by atoms with Crippen molar-refractivity contribution in [2.75, 3.05) is 13.2 Å². The van der Waals surface area contributed by atoms with Crippen LogP contribution in [0.3, 0.4) is 0 Å². The number of hydrogen-bond donors (Lipinski definition) is 0. The molecule has 2 aromatic carbocycles. The molecule has 0 N–H and O–H groups in total. The summed E-state index contributed by atoms with van der Waals surface area (Å²) in [6.07, 6.45) is 5.89. The molecule has 0 saturated heterocycles. The molecule has 4 aromatic rings. The highest BCUT2D eigenvalue weighted by Gasteiger charge is 2.12. The van der Waals surface area contributed by atoms with Gasteiger partial charge in [-0.2, -0.15) is 0 Å². The molecule has 0 bridgehead atoms. The molecule has 32 heavy (non-hydrogen) atoms. The minimum Gasteiger partial charge on any atom is -0.494 e. The van der Waals surface area contributed by atoms with Gasteiger partial charge in [-0.05, 0) is 87.0 Å². The average molecular weight is 426 g/mol. The van der Waals surface area contributed by atoms with Crippen molar-refractivity contribution in [2.24, 2.45) is 9.98 Å². The van der Waals surface area contributed by atoms with Crippen LogP contribution in [-0.4, -0.2) is 30.0 Å². The molecule has 5 heteroatoms. The lowest BCUT2D eigenvalue weighted by atomic mass is 10.1. The predicted molar refractivity (Wildman–Crippen MR) is 132 cm³/mol. The normalized spacial score (nSPS) is 11.6. The lowest BCUT2D eigenvalue weighted by molar-refractivity contribution is 0.340. The average Bonchev–Trinajstić information content (AvgIpc) is 3.09. The second-order valence-electron chi connectivity index (χ2n) is 7.25. The highest BCUT2D eigenvalue weighted by molar-refractivity contribution is 5.98. The van der Waals surface area contributed by atoms with Crippen molar-refractivity contribution in [3.05, 3.63) is 89.7 Å². The minimum absolute atomic E-state index is 0.652. The summed E-state index contributed by atoms with van der Waals surface area (Å²) in [7, 11) is 0. The topological polar surface area (TPSA) is 47.6 Å². The number of rotatable bonds is 8. The highest BCUT2D eigenvalue weighted by Crippen LogP contribution is 2.24. The first-order valence-electron chi connectivity index (χ1n) is 10.8. The lowest BCUT2D eigenvalue weighted by Crippen LogP contribution is -1.92. The minimum atomic E-state index is 0.652. The van der Waals surface area contributed by atoms with Crippen LogP contribution in [0.2, 0.25) is 0 Å². The Balaban J connectivity index is 1.64. The van der Waals surface area contributed by atoms with Crippen molar-refractivity contribution in [1.29, 1.82) is 0 Å². The zero-order valence-electron chi connectivity index (χ0n) is 18.7. The zero-order valence-corrected chi connectivity index (χ0v) is 18.7. The maximum absolute atomic E-state index is 5.51. The van der Waals surface area contributed by atoms with Crippen LogP contribution in [0, 0.1) is 6.92 Å². The first-order chi connectivity index (χ1) is 15.7. The van der Waals surface area contributed by atoms with E-state index in [1.165, 1.54) is 0 Å². The predicted octanol–water partition coefficient (Wildman–Crippen LogP) is 6.55. The summed E-state index contributed by atoms with van der Waals surface area (Å²) < 4.78 is 13.2. The highest BCUT2D eigenvalue weighted by atomic mass is 16.5. The van der Waals surface area contributed by atoms with Gasteiger partial charge in [-0.1, -0.05) is 6.07 Å². The number of hydrogen-bond acceptors (Lipinski definition) is 4. The fraction of sp³-hybridized carbons (Fsp3) is 0.185. The van der Waals surface area contributed by atoms with Gasteiger partial charge in [0, 0.05) is 18.0 Å². The van der Waals surface area contributed by atoms with E-state index in [9.17, 15) is 0 Å². The maximum Gasteiger partial charge on any atom is 0.119 e. The van der Waals surface area contributed by atoms with Crippen molar-refractivity contribution in [3.8, 4) is 11.5 Å². The standard InChI is InChI=1S/C27H27N3O2/c1-4-31-23-13-9-21(10-14-23)28-18-25-20(3)27(30-17-7-6-8-26(25)30)19-29-22-11-15-24(16-12-22)32-5-2/h6-19H,4-5H2,1-3H3. The van der Waals surface area contributed by atoms with Crippen LogP contribution in [0.25, 0.3) is 5.52 Å². The molecule has 0 amide bonds. The van der Waals surface area contributed by atoms with Gasteiger partial charge in [-0.3, -0.25) is 9.98 Å². The van der Waals surface area contributed by atoms with Gasteiger partial charge < -0.3 is 13.9 Å². The van der Waals surface area contributed by atoms with Crippen LogP contribution in [-0.2, 0) is 0 Å². The molecule has 5 nitrogen and oxygen atoms in total. The smallest absolute Gasteiger partial charge is 0.119 e. The summed E-state index contributed by atoms with van der Waals surface area (Å²) in [5.74, 6) is 1.70. The van der Waals surface area contributed by atoms with E-state index in [0.29, 0.717) is 13.2 Å². The Morgan fingerprint density at radius 1 is 0.750 bits per heavy atom. The van der Waals surface area contributed by atoms with E-state index in [4.69, 9.17) is 14.5 Å². The first-order valence-corrected chi connectivity index (χ1v) is 10.8. The van der Waals surface area contributed by atoms with E-state index in [1.807, 2.05) is 86.9 Å². The monoisotopic (exact) mass is 425 g/mol. The molecule has 0 aliphatic carbocycles. The number of aliphatic imine (C=N–C) groups is 2. The fourth-order valence-electron chi connectivity index (χ4n) is 3.57. The molecule has 0 saturated carbocycles. The Bertz CT molecular complexity index is 1140. The van der Waals surface area contributed by atoms with Gasteiger partial charge >= 0.3 is 0 Å². The number of aromatic nitrogens is 1. The Hall–Kier alpha value is -3.86. The van der Waals surface area contributed by atoms with E-state index in [1.54, 1.807) is 0 Å². The summed E-state index contributed by atoms with van der Waals surface area (Å²) >= 11 is 0. The molecular formula is C27H27N3O2. The second kappa shape index (κ2) is 9.96. The fourth-order valence-corrected chi connectivity index (χ4v) is 3.57. The molecule has 162 valence electrons. The third kappa shape index (κ3) is 4.72. The van der Waals surface area contributed by atoms with Crippen molar-refractivity contribution in [1.82, 2.24) is 4.40 Å². The molecule has 0 unspecified atom stereocenters. The number of fused-ring (bicyclic) bond motifs is 1. The van der Waals surface area contributed by atoms with E-state index in [0.717, 1.165) is 45.2 Å². The number of benzene rings is 2. The Kier molecular flexibility index (Phi) is 6.66. The molecular weight excluding hydrogens is 398 g/mol. The van der Waals surface area contributed by atoms with Gasteiger partial charge in [0.25, 0.3) is 0 Å². The van der Waals surface area contributed by atoms with Gasteiger partial charge in [0.2, 0.25) is 0 Å². The molecule has 2 aromatic heterocycles. The number of pyridine rings is 1.